The molecule has 1 amide bonds. The maximum Gasteiger partial charge on any atom is 0.293 e. The number of nitrogens with zero attached hydrogens (tertiary/aromatic N) is 4. The van der Waals surface area contributed by atoms with Gasteiger partial charge in [-0.2, -0.15) is 0 Å². The van der Waals surface area contributed by atoms with Crippen LogP contribution in [0.25, 0.3) is 10.4 Å². The summed E-state index contributed by atoms with van der Waals surface area (Å²) < 4.78 is 11.3. The largest absolute Gasteiger partial charge is 0.481 e. The molecule has 1 heterocycles. The Labute approximate surface area is 162 Å². The molecule has 148 valence electrons. The second-order valence-electron chi connectivity index (χ2n) is 6.28. The fourth-order valence-corrected chi connectivity index (χ4v) is 2.58. The van der Waals surface area contributed by atoms with Crippen molar-refractivity contribution in [3.63, 3.8) is 0 Å². The Kier molecular flexibility index (Phi) is 7.62. The minimum atomic E-state index is -0.523. The molecule has 0 fully saturated rings. The summed E-state index contributed by atoms with van der Waals surface area (Å²) in [7, 11) is 0. The second kappa shape index (κ2) is 10.1. The maximum atomic E-state index is 13.0. The number of rotatable bonds is 9. The van der Waals surface area contributed by atoms with Crippen LogP contribution in [-0.2, 0) is 13.2 Å². The highest BCUT2D eigenvalue weighted by Gasteiger charge is 2.27. The lowest BCUT2D eigenvalue weighted by Crippen LogP contribution is -2.41. The van der Waals surface area contributed by atoms with Gasteiger partial charge in [0.1, 0.15) is 12.4 Å². The van der Waals surface area contributed by atoms with Crippen molar-refractivity contribution >= 4 is 5.91 Å². The number of benzene rings is 1. The Morgan fingerprint density at radius 2 is 2.07 bits per heavy atom. The first kappa shape index (κ1) is 21.0. The number of carbonyl (C=O) groups is 1. The zero-order valence-electron chi connectivity index (χ0n) is 15.9. The van der Waals surface area contributed by atoms with Crippen LogP contribution in [0.1, 0.15) is 35.7 Å². The van der Waals surface area contributed by atoms with Gasteiger partial charge >= 0.3 is 0 Å². The van der Waals surface area contributed by atoms with E-state index in [-0.39, 0.29) is 43.0 Å². The molecule has 0 atom stereocenters. The van der Waals surface area contributed by atoms with Gasteiger partial charge in [0, 0.05) is 30.1 Å². The first-order valence-electron chi connectivity index (χ1n) is 8.83. The molecule has 2 rings (SSSR count). The van der Waals surface area contributed by atoms with Crippen molar-refractivity contribution in [1.29, 1.82) is 0 Å². The highest BCUT2D eigenvalue weighted by molar-refractivity contribution is 5.94. The first-order valence-corrected chi connectivity index (χ1v) is 8.83. The number of nitrogens with two attached hydrogens (primary N) is 1. The van der Waals surface area contributed by atoms with Crippen molar-refractivity contribution in [1.82, 2.24) is 4.90 Å². The van der Waals surface area contributed by atoms with Gasteiger partial charge in [0.15, 0.2) is 0 Å². The van der Waals surface area contributed by atoms with Crippen molar-refractivity contribution in [3.05, 3.63) is 74.1 Å². The fourth-order valence-electron chi connectivity index (χ4n) is 2.58. The van der Waals surface area contributed by atoms with Crippen LogP contribution in [-0.4, -0.2) is 29.9 Å². The van der Waals surface area contributed by atoms with Crippen molar-refractivity contribution in [2.75, 3.05) is 13.1 Å². The van der Waals surface area contributed by atoms with E-state index in [2.05, 4.69) is 10.0 Å². The van der Waals surface area contributed by atoms with Gasteiger partial charge in [-0.1, -0.05) is 35.4 Å². The zero-order chi connectivity index (χ0) is 20.5. The summed E-state index contributed by atoms with van der Waals surface area (Å²) in [6.45, 7) is 4.12. The molecule has 0 unspecified atom stereocenters. The van der Waals surface area contributed by atoms with E-state index in [1.165, 1.54) is 4.90 Å². The molecule has 0 bridgehead atoms. The highest BCUT2D eigenvalue weighted by atomic mass is 16.5. The topological polar surface area (TPSA) is 135 Å². The average Bonchev–Trinajstić information content (AvgIpc) is 2.69. The normalized spacial score (nSPS) is 10.4. The lowest BCUT2D eigenvalue weighted by atomic mass is 10.2. The standard InChI is InChI=1S/C19H23N5O4/c1-13(2)24(9-8-20)19(26)18-17(27-12-14-6-4-3-5-7-14)16(25)10-15(28-18)11-22-23-21/h3-7,10,13H,8-9,11-12,20H2,1-2H3. The third-order valence-electron chi connectivity index (χ3n) is 3.92. The third kappa shape index (κ3) is 5.35. The summed E-state index contributed by atoms with van der Waals surface area (Å²) in [6.07, 6.45) is 0. The first-order chi connectivity index (χ1) is 13.5. The van der Waals surface area contributed by atoms with E-state index in [0.29, 0.717) is 6.54 Å². The van der Waals surface area contributed by atoms with Gasteiger partial charge in [0.05, 0.1) is 6.54 Å². The van der Waals surface area contributed by atoms with Crippen LogP contribution in [0.2, 0.25) is 0 Å². The van der Waals surface area contributed by atoms with Gasteiger partial charge in [-0.25, -0.2) is 0 Å². The predicted molar refractivity (Wildman–Crippen MR) is 104 cm³/mol. The van der Waals surface area contributed by atoms with E-state index < -0.39 is 11.3 Å². The van der Waals surface area contributed by atoms with E-state index in [9.17, 15) is 9.59 Å². The molecule has 9 nitrogen and oxygen atoms in total. The van der Waals surface area contributed by atoms with E-state index in [1.807, 2.05) is 44.2 Å². The molecule has 28 heavy (non-hydrogen) atoms. The number of ether oxygens (including phenoxy) is 1. The monoisotopic (exact) mass is 385 g/mol. The lowest BCUT2D eigenvalue weighted by Gasteiger charge is -2.26. The Balaban J connectivity index is 2.45. The van der Waals surface area contributed by atoms with Gasteiger partial charge in [-0.15, -0.1) is 0 Å². The summed E-state index contributed by atoms with van der Waals surface area (Å²) in [5.41, 5.74) is 14.4. The van der Waals surface area contributed by atoms with Crippen LogP contribution in [0.3, 0.4) is 0 Å². The van der Waals surface area contributed by atoms with Crippen LogP contribution < -0.4 is 15.9 Å². The number of hydrogen-bond acceptors (Lipinski definition) is 6. The summed E-state index contributed by atoms with van der Waals surface area (Å²) in [5, 5.41) is 3.39. The maximum absolute atomic E-state index is 13.0. The molecule has 9 heteroatoms. The van der Waals surface area contributed by atoms with Gasteiger partial charge in [-0.05, 0) is 24.9 Å². The minimum absolute atomic E-state index is 0.0784. The molecule has 0 aliphatic carbocycles. The van der Waals surface area contributed by atoms with Gasteiger partial charge < -0.3 is 19.8 Å². The number of carbonyl (C=O) groups excluding carboxylic acids is 1. The summed E-state index contributed by atoms with van der Waals surface area (Å²) in [6, 6.07) is 10.2. The fraction of sp³-hybridized carbons (Fsp3) is 0.368. The Morgan fingerprint density at radius 3 is 2.68 bits per heavy atom. The predicted octanol–water partition coefficient (Wildman–Crippen LogP) is 2.84. The molecule has 0 saturated heterocycles. The van der Waals surface area contributed by atoms with E-state index in [4.69, 9.17) is 20.4 Å². The van der Waals surface area contributed by atoms with Gasteiger partial charge in [-0.3, -0.25) is 9.59 Å². The van der Waals surface area contributed by atoms with Crippen molar-refractivity contribution in [3.8, 4) is 5.75 Å². The summed E-state index contributed by atoms with van der Waals surface area (Å²) >= 11 is 0. The van der Waals surface area contributed by atoms with Crippen molar-refractivity contribution < 1.29 is 13.9 Å². The van der Waals surface area contributed by atoms with Crippen LogP contribution in [0.15, 0.2) is 50.7 Å². The smallest absolute Gasteiger partial charge is 0.293 e. The van der Waals surface area contributed by atoms with E-state index in [0.717, 1.165) is 11.6 Å². The molecule has 0 spiro atoms. The average molecular weight is 385 g/mol. The summed E-state index contributed by atoms with van der Waals surface area (Å²) in [5.74, 6) is -0.840. The molecule has 0 aliphatic heterocycles. The molecule has 1 aromatic carbocycles. The van der Waals surface area contributed by atoms with E-state index >= 15 is 0 Å². The van der Waals surface area contributed by atoms with Crippen molar-refractivity contribution in [2.24, 2.45) is 10.8 Å². The molecular formula is C19H23N5O4. The van der Waals surface area contributed by atoms with Crippen LogP contribution in [0.4, 0.5) is 0 Å². The lowest BCUT2D eigenvalue weighted by molar-refractivity contribution is 0.0665. The quantitative estimate of drug-likeness (QED) is 0.402. The highest BCUT2D eigenvalue weighted by Crippen LogP contribution is 2.21. The Hall–Kier alpha value is -3.29. The molecule has 2 N–H and O–H groups in total. The Morgan fingerprint density at radius 1 is 1.36 bits per heavy atom. The molecule has 0 saturated carbocycles. The zero-order valence-corrected chi connectivity index (χ0v) is 15.9. The molecule has 2 aromatic rings. The van der Waals surface area contributed by atoms with Gasteiger partial charge in [0.2, 0.25) is 16.9 Å². The minimum Gasteiger partial charge on any atom is -0.481 e. The molecule has 0 radical (unpaired) electrons. The summed E-state index contributed by atoms with van der Waals surface area (Å²) in [4.78, 5) is 29.8. The van der Waals surface area contributed by atoms with Crippen molar-refractivity contribution in [2.45, 2.75) is 33.0 Å². The number of amides is 1. The third-order valence-corrected chi connectivity index (χ3v) is 3.92. The molecule has 1 aromatic heterocycles. The number of azide groups is 1. The Bertz CT molecular complexity index is 904. The SMILES string of the molecule is CC(C)N(CCN)C(=O)c1oc(CN=[N+]=[N-])cc(=O)c1OCc1ccccc1. The second-order valence-corrected chi connectivity index (χ2v) is 6.28. The van der Waals surface area contributed by atoms with Gasteiger partial charge in [0.25, 0.3) is 5.91 Å². The molecular weight excluding hydrogens is 362 g/mol. The molecule has 0 aliphatic rings. The van der Waals surface area contributed by atoms with Crippen LogP contribution >= 0.6 is 0 Å². The van der Waals surface area contributed by atoms with Crippen LogP contribution in [0, 0.1) is 0 Å². The number of hydrogen-bond donors (Lipinski definition) is 1. The van der Waals surface area contributed by atoms with E-state index in [1.54, 1.807) is 0 Å². The van der Waals surface area contributed by atoms with Crippen LogP contribution in [0.5, 0.6) is 5.75 Å².